The van der Waals surface area contributed by atoms with Crippen LogP contribution in [-0.2, 0) is 6.42 Å². The molecule has 1 aromatic carbocycles. The van der Waals surface area contributed by atoms with Gasteiger partial charge in [-0.1, -0.05) is 39.8 Å². The van der Waals surface area contributed by atoms with Crippen LogP contribution in [0.25, 0.3) is 0 Å². The first-order valence-electron chi connectivity index (χ1n) is 10.6. The minimum Gasteiger partial charge on any atom is -0.261 e. The first kappa shape index (κ1) is 25.9. The fourth-order valence-corrected chi connectivity index (χ4v) is 2.48. The highest BCUT2D eigenvalue weighted by Crippen LogP contribution is 2.12. The van der Waals surface area contributed by atoms with Crippen LogP contribution in [-0.4, -0.2) is 15.0 Å². The largest absolute Gasteiger partial charge is 0.261 e. The lowest BCUT2D eigenvalue weighted by molar-refractivity contribution is 0.625. The van der Waals surface area contributed by atoms with Crippen LogP contribution in [0.5, 0.6) is 0 Å². The van der Waals surface area contributed by atoms with Crippen LogP contribution < -0.4 is 0 Å². The van der Waals surface area contributed by atoms with Gasteiger partial charge in [-0.3, -0.25) is 4.98 Å². The van der Waals surface area contributed by atoms with Gasteiger partial charge in [0, 0.05) is 30.2 Å². The molecular formula is C26H33FN4. The predicted octanol–water partition coefficient (Wildman–Crippen LogP) is 6.70. The van der Waals surface area contributed by atoms with E-state index in [2.05, 4.69) is 61.7 Å². The van der Waals surface area contributed by atoms with Gasteiger partial charge in [0.25, 0.3) is 0 Å². The van der Waals surface area contributed by atoms with Crippen LogP contribution in [0.3, 0.4) is 0 Å². The van der Waals surface area contributed by atoms with E-state index in [0.717, 1.165) is 23.4 Å². The van der Waals surface area contributed by atoms with Crippen molar-refractivity contribution in [1.82, 2.24) is 15.0 Å². The standard InChI is InChI=1S/C9H8FN.C9H13N.C8H12N2/c1-7-2-3-9(10)6-8(7)4-5-11;1-7(2)9-5-4-8(3)6-10-9;1-3-7(2)8-9-5-4-6-10-8/h2-3,6H,4H2,1H3;4-7H,1-3H3;4-7H,3H2,1-2H3. The Morgan fingerprint density at radius 3 is 2.19 bits per heavy atom. The molecule has 3 rings (SSSR count). The van der Waals surface area contributed by atoms with Crippen molar-refractivity contribution < 1.29 is 4.39 Å². The minimum absolute atomic E-state index is 0.277. The Morgan fingerprint density at radius 1 is 1.00 bits per heavy atom. The van der Waals surface area contributed by atoms with Crippen LogP contribution >= 0.6 is 0 Å². The van der Waals surface area contributed by atoms with Crippen molar-refractivity contribution in [3.8, 4) is 6.07 Å². The van der Waals surface area contributed by atoms with E-state index in [9.17, 15) is 4.39 Å². The summed E-state index contributed by atoms with van der Waals surface area (Å²) in [6, 6.07) is 12.5. The molecule has 1 atom stereocenters. The number of halogens is 1. The summed E-state index contributed by atoms with van der Waals surface area (Å²) in [5, 5.41) is 8.36. The van der Waals surface area contributed by atoms with Crippen LogP contribution in [0, 0.1) is 31.0 Å². The zero-order chi connectivity index (χ0) is 23.2. The van der Waals surface area contributed by atoms with E-state index in [1.807, 2.05) is 25.3 Å². The maximum Gasteiger partial charge on any atom is 0.130 e. The van der Waals surface area contributed by atoms with Crippen molar-refractivity contribution in [2.24, 2.45) is 0 Å². The maximum atomic E-state index is 12.6. The number of nitrogens with zero attached hydrogens (tertiary/aromatic N) is 4. The molecule has 0 amide bonds. The zero-order valence-electron chi connectivity index (χ0n) is 19.4. The van der Waals surface area contributed by atoms with Crippen molar-refractivity contribution >= 4 is 0 Å². The quantitative estimate of drug-likeness (QED) is 0.471. The van der Waals surface area contributed by atoms with Gasteiger partial charge in [0.15, 0.2) is 0 Å². The van der Waals surface area contributed by atoms with Gasteiger partial charge in [-0.05, 0) is 67.1 Å². The molecule has 2 aromatic heterocycles. The Morgan fingerprint density at radius 2 is 1.68 bits per heavy atom. The molecule has 0 radical (unpaired) electrons. The molecule has 4 nitrogen and oxygen atoms in total. The summed E-state index contributed by atoms with van der Waals surface area (Å²) in [4.78, 5) is 12.6. The number of benzene rings is 1. The number of hydrogen-bond donors (Lipinski definition) is 0. The molecule has 31 heavy (non-hydrogen) atoms. The second-order valence-electron chi connectivity index (χ2n) is 7.74. The Bertz CT molecular complexity index is 932. The number of aromatic nitrogens is 3. The average Bonchev–Trinajstić information content (AvgIpc) is 2.78. The molecule has 0 N–H and O–H groups in total. The van der Waals surface area contributed by atoms with Gasteiger partial charge in [-0.15, -0.1) is 0 Å². The Labute approximate surface area is 186 Å². The van der Waals surface area contributed by atoms with Gasteiger partial charge in [0.1, 0.15) is 11.6 Å². The number of aryl methyl sites for hydroxylation is 2. The van der Waals surface area contributed by atoms with Crippen molar-refractivity contribution in [2.75, 3.05) is 0 Å². The molecule has 1 unspecified atom stereocenters. The molecule has 2 heterocycles. The fourth-order valence-electron chi connectivity index (χ4n) is 2.48. The third kappa shape index (κ3) is 9.95. The van der Waals surface area contributed by atoms with E-state index in [4.69, 9.17) is 5.26 Å². The summed E-state index contributed by atoms with van der Waals surface area (Å²) < 4.78 is 12.6. The van der Waals surface area contributed by atoms with Gasteiger partial charge in [-0.25, -0.2) is 14.4 Å². The normalized spacial score (nSPS) is 10.8. The zero-order valence-corrected chi connectivity index (χ0v) is 19.4. The average molecular weight is 421 g/mol. The molecular weight excluding hydrogens is 387 g/mol. The molecule has 0 spiro atoms. The number of nitriles is 1. The smallest absolute Gasteiger partial charge is 0.130 e. The molecule has 0 fully saturated rings. The SMILES string of the molecule is CCC(C)c1ncccn1.Cc1ccc(C(C)C)nc1.Cc1ccc(F)cc1CC#N. The number of rotatable bonds is 4. The van der Waals surface area contributed by atoms with E-state index >= 15 is 0 Å². The second-order valence-corrected chi connectivity index (χ2v) is 7.74. The molecule has 0 bridgehead atoms. The third-order valence-electron chi connectivity index (χ3n) is 4.75. The summed E-state index contributed by atoms with van der Waals surface area (Å²) >= 11 is 0. The van der Waals surface area contributed by atoms with E-state index in [1.54, 1.807) is 18.5 Å². The van der Waals surface area contributed by atoms with Crippen LogP contribution in [0.15, 0.2) is 55.0 Å². The number of hydrogen-bond acceptors (Lipinski definition) is 4. The van der Waals surface area contributed by atoms with Crippen molar-refractivity contribution in [3.63, 3.8) is 0 Å². The minimum atomic E-state index is -0.277. The highest BCUT2D eigenvalue weighted by atomic mass is 19.1. The van der Waals surface area contributed by atoms with Crippen LogP contribution in [0.4, 0.5) is 4.39 Å². The summed E-state index contributed by atoms with van der Waals surface area (Å²) in [5.74, 6) is 1.70. The van der Waals surface area contributed by atoms with E-state index < -0.39 is 0 Å². The lowest BCUT2D eigenvalue weighted by atomic mass is 10.1. The van der Waals surface area contributed by atoms with Crippen LogP contribution in [0.1, 0.15) is 74.2 Å². The lowest BCUT2D eigenvalue weighted by Gasteiger charge is -2.03. The maximum absolute atomic E-state index is 12.6. The summed E-state index contributed by atoms with van der Waals surface area (Å²) in [6.45, 7) is 12.5. The number of pyridine rings is 1. The molecule has 0 aliphatic rings. The van der Waals surface area contributed by atoms with Crippen LogP contribution in [0.2, 0.25) is 0 Å². The summed E-state index contributed by atoms with van der Waals surface area (Å²) in [7, 11) is 0. The Hall–Kier alpha value is -3.13. The van der Waals surface area contributed by atoms with Gasteiger partial charge < -0.3 is 0 Å². The highest BCUT2D eigenvalue weighted by molar-refractivity contribution is 5.28. The van der Waals surface area contributed by atoms with Gasteiger partial charge >= 0.3 is 0 Å². The molecule has 164 valence electrons. The predicted molar refractivity (Wildman–Crippen MR) is 124 cm³/mol. The van der Waals surface area contributed by atoms with Gasteiger partial charge in [-0.2, -0.15) is 5.26 Å². The molecule has 0 aliphatic heterocycles. The van der Waals surface area contributed by atoms with E-state index in [-0.39, 0.29) is 12.2 Å². The van der Waals surface area contributed by atoms with Gasteiger partial charge in [0.2, 0.25) is 0 Å². The fraction of sp³-hybridized carbons (Fsp3) is 0.385. The first-order valence-corrected chi connectivity index (χ1v) is 10.6. The van der Waals surface area contributed by atoms with E-state index in [0.29, 0.717) is 11.8 Å². The lowest BCUT2D eigenvalue weighted by Crippen LogP contribution is -1.97. The molecule has 0 saturated carbocycles. The van der Waals surface area contributed by atoms with Crippen molar-refractivity contribution in [3.05, 3.63) is 89.0 Å². The molecule has 0 aliphatic carbocycles. The van der Waals surface area contributed by atoms with Crippen molar-refractivity contribution in [1.29, 1.82) is 5.26 Å². The Balaban J connectivity index is 0.000000233. The molecule has 3 aromatic rings. The summed E-state index contributed by atoms with van der Waals surface area (Å²) in [6.07, 6.45) is 6.87. The topological polar surface area (TPSA) is 62.5 Å². The van der Waals surface area contributed by atoms with Gasteiger partial charge in [0.05, 0.1) is 12.5 Å². The Kier molecular flexibility index (Phi) is 11.7. The molecule has 5 heteroatoms. The highest BCUT2D eigenvalue weighted by Gasteiger charge is 2.02. The van der Waals surface area contributed by atoms with E-state index in [1.165, 1.54) is 23.4 Å². The summed E-state index contributed by atoms with van der Waals surface area (Å²) in [5.41, 5.74) is 4.13. The first-order chi connectivity index (χ1) is 14.8. The second kappa shape index (κ2) is 14.0. The molecule has 0 saturated heterocycles. The monoisotopic (exact) mass is 420 g/mol. The third-order valence-corrected chi connectivity index (χ3v) is 4.75. The van der Waals surface area contributed by atoms with Crippen molar-refractivity contribution in [2.45, 2.75) is 66.2 Å².